The molecule has 3 heteroatoms. The van der Waals surface area contributed by atoms with E-state index >= 15 is 0 Å². The number of amides is 1. The second-order valence-electron chi connectivity index (χ2n) is 4.12. The highest BCUT2D eigenvalue weighted by Crippen LogP contribution is 2.26. The molecule has 0 radical (unpaired) electrons. The summed E-state index contributed by atoms with van der Waals surface area (Å²) in [4.78, 5) is 13.6. The van der Waals surface area contributed by atoms with Gasteiger partial charge in [-0.15, -0.1) is 0 Å². The number of rotatable bonds is 2. The summed E-state index contributed by atoms with van der Waals surface area (Å²) in [5.41, 5.74) is 0. The zero-order chi connectivity index (χ0) is 9.26. The van der Waals surface area contributed by atoms with Gasteiger partial charge in [-0.1, -0.05) is 6.92 Å². The Morgan fingerprint density at radius 1 is 1.54 bits per heavy atom. The summed E-state index contributed by atoms with van der Waals surface area (Å²) < 4.78 is 0. The van der Waals surface area contributed by atoms with Gasteiger partial charge < -0.3 is 10.2 Å². The SMILES string of the molecule is CCC1CN(C2CCC2)C(=O)CN1. The van der Waals surface area contributed by atoms with Gasteiger partial charge in [-0.3, -0.25) is 4.79 Å². The van der Waals surface area contributed by atoms with E-state index in [0.717, 1.165) is 13.0 Å². The van der Waals surface area contributed by atoms with Crippen LogP contribution in [-0.4, -0.2) is 36.0 Å². The molecule has 74 valence electrons. The fourth-order valence-corrected chi connectivity index (χ4v) is 2.06. The van der Waals surface area contributed by atoms with Crippen molar-refractivity contribution in [3.63, 3.8) is 0 Å². The van der Waals surface area contributed by atoms with Crippen molar-refractivity contribution in [1.29, 1.82) is 0 Å². The Morgan fingerprint density at radius 3 is 2.85 bits per heavy atom. The van der Waals surface area contributed by atoms with E-state index in [9.17, 15) is 4.79 Å². The fourth-order valence-electron chi connectivity index (χ4n) is 2.06. The standard InChI is InChI=1S/C10H18N2O/c1-2-8-7-12(9-4-3-5-9)10(13)6-11-8/h8-9,11H,2-7H2,1H3. The molecule has 13 heavy (non-hydrogen) atoms. The molecule has 0 aromatic heterocycles. The monoisotopic (exact) mass is 182 g/mol. The fraction of sp³-hybridized carbons (Fsp3) is 0.900. The maximum absolute atomic E-state index is 11.6. The Labute approximate surface area is 79.5 Å². The Bertz CT molecular complexity index is 201. The molecule has 1 aliphatic carbocycles. The van der Waals surface area contributed by atoms with Crippen molar-refractivity contribution >= 4 is 5.91 Å². The van der Waals surface area contributed by atoms with Crippen LogP contribution in [0.5, 0.6) is 0 Å². The number of nitrogens with zero attached hydrogens (tertiary/aromatic N) is 1. The molecule has 3 nitrogen and oxygen atoms in total. The number of carbonyl (C=O) groups excluding carboxylic acids is 1. The van der Waals surface area contributed by atoms with E-state index in [1.54, 1.807) is 0 Å². The summed E-state index contributed by atoms with van der Waals surface area (Å²) in [5.74, 6) is 0.300. The molecule has 2 rings (SSSR count). The van der Waals surface area contributed by atoms with Crippen molar-refractivity contribution in [3.8, 4) is 0 Å². The summed E-state index contributed by atoms with van der Waals surface area (Å²) in [6.07, 6.45) is 4.87. The van der Waals surface area contributed by atoms with E-state index in [0.29, 0.717) is 24.5 Å². The summed E-state index contributed by atoms with van der Waals surface area (Å²) in [6, 6.07) is 1.10. The molecule has 1 amide bonds. The number of nitrogens with one attached hydrogen (secondary N) is 1. The van der Waals surface area contributed by atoms with Gasteiger partial charge in [0.1, 0.15) is 0 Å². The lowest BCUT2D eigenvalue weighted by atomic mass is 9.90. The zero-order valence-electron chi connectivity index (χ0n) is 8.25. The van der Waals surface area contributed by atoms with Crippen LogP contribution in [0.2, 0.25) is 0 Å². The third kappa shape index (κ3) is 1.70. The molecular weight excluding hydrogens is 164 g/mol. The maximum atomic E-state index is 11.6. The molecule has 0 spiro atoms. The van der Waals surface area contributed by atoms with Crippen molar-refractivity contribution in [3.05, 3.63) is 0 Å². The lowest BCUT2D eigenvalue weighted by Crippen LogP contribution is -2.58. The minimum Gasteiger partial charge on any atom is -0.337 e. The van der Waals surface area contributed by atoms with Gasteiger partial charge in [0.25, 0.3) is 0 Å². The summed E-state index contributed by atoms with van der Waals surface area (Å²) in [7, 11) is 0. The molecule has 1 saturated heterocycles. The third-order valence-corrected chi connectivity index (χ3v) is 3.29. The predicted octanol–water partition coefficient (Wildman–Crippen LogP) is 0.749. The van der Waals surface area contributed by atoms with Crippen molar-refractivity contribution in [2.24, 2.45) is 0 Å². The molecular formula is C10H18N2O. The molecule has 0 aromatic rings. The first-order valence-electron chi connectivity index (χ1n) is 5.34. The molecule has 1 unspecified atom stereocenters. The molecule has 1 saturated carbocycles. The second kappa shape index (κ2) is 3.66. The van der Waals surface area contributed by atoms with Crippen molar-refractivity contribution in [1.82, 2.24) is 10.2 Å². The van der Waals surface area contributed by atoms with Gasteiger partial charge in [-0.2, -0.15) is 0 Å². The van der Waals surface area contributed by atoms with Gasteiger partial charge in [0.2, 0.25) is 5.91 Å². The van der Waals surface area contributed by atoms with E-state index in [1.165, 1.54) is 19.3 Å². The van der Waals surface area contributed by atoms with Crippen molar-refractivity contribution in [2.75, 3.05) is 13.1 Å². The zero-order valence-corrected chi connectivity index (χ0v) is 8.25. The van der Waals surface area contributed by atoms with Crippen LogP contribution in [0.3, 0.4) is 0 Å². The summed E-state index contributed by atoms with van der Waals surface area (Å²) in [5, 5.41) is 3.26. The number of hydrogen-bond acceptors (Lipinski definition) is 2. The van der Waals surface area contributed by atoms with Crippen LogP contribution >= 0.6 is 0 Å². The van der Waals surface area contributed by atoms with Gasteiger partial charge in [0.15, 0.2) is 0 Å². The molecule has 1 N–H and O–H groups in total. The van der Waals surface area contributed by atoms with E-state index in [2.05, 4.69) is 17.1 Å². The second-order valence-corrected chi connectivity index (χ2v) is 4.12. The largest absolute Gasteiger partial charge is 0.337 e. The Morgan fingerprint density at radius 2 is 2.31 bits per heavy atom. The normalized spacial score (nSPS) is 30.4. The first kappa shape index (κ1) is 9.00. The highest BCUT2D eigenvalue weighted by Gasteiger charge is 2.32. The van der Waals surface area contributed by atoms with Crippen LogP contribution in [0, 0.1) is 0 Å². The average molecular weight is 182 g/mol. The number of piperazine rings is 1. The van der Waals surface area contributed by atoms with E-state index in [1.807, 2.05) is 0 Å². The smallest absolute Gasteiger partial charge is 0.236 e. The molecule has 1 heterocycles. The van der Waals surface area contributed by atoms with Gasteiger partial charge >= 0.3 is 0 Å². The van der Waals surface area contributed by atoms with Crippen molar-refractivity contribution < 1.29 is 4.79 Å². The van der Waals surface area contributed by atoms with Crippen LogP contribution in [0.4, 0.5) is 0 Å². The number of hydrogen-bond donors (Lipinski definition) is 1. The van der Waals surface area contributed by atoms with Crippen LogP contribution < -0.4 is 5.32 Å². The molecule has 1 aliphatic heterocycles. The van der Waals surface area contributed by atoms with Gasteiger partial charge in [0.05, 0.1) is 6.54 Å². The van der Waals surface area contributed by atoms with E-state index < -0.39 is 0 Å². The number of carbonyl (C=O) groups is 1. The molecule has 0 bridgehead atoms. The Hall–Kier alpha value is -0.570. The quantitative estimate of drug-likeness (QED) is 0.683. The van der Waals surface area contributed by atoms with Crippen LogP contribution in [0.15, 0.2) is 0 Å². The highest BCUT2D eigenvalue weighted by molar-refractivity contribution is 5.79. The topological polar surface area (TPSA) is 32.3 Å². The molecule has 2 aliphatic rings. The van der Waals surface area contributed by atoms with E-state index in [-0.39, 0.29) is 0 Å². The summed E-state index contributed by atoms with van der Waals surface area (Å²) >= 11 is 0. The minimum atomic E-state index is 0.300. The first-order chi connectivity index (χ1) is 6.31. The van der Waals surface area contributed by atoms with Crippen LogP contribution in [0.1, 0.15) is 32.6 Å². The first-order valence-corrected chi connectivity index (χ1v) is 5.34. The third-order valence-electron chi connectivity index (χ3n) is 3.29. The lowest BCUT2D eigenvalue weighted by molar-refractivity contribution is -0.137. The molecule has 0 aromatic carbocycles. The molecule has 2 fully saturated rings. The van der Waals surface area contributed by atoms with Crippen LogP contribution in [0.25, 0.3) is 0 Å². The Balaban J connectivity index is 1.94. The van der Waals surface area contributed by atoms with Gasteiger partial charge in [-0.25, -0.2) is 0 Å². The van der Waals surface area contributed by atoms with E-state index in [4.69, 9.17) is 0 Å². The maximum Gasteiger partial charge on any atom is 0.236 e. The molecule has 1 atom stereocenters. The van der Waals surface area contributed by atoms with Crippen LogP contribution in [-0.2, 0) is 4.79 Å². The summed E-state index contributed by atoms with van der Waals surface area (Å²) in [6.45, 7) is 3.65. The Kier molecular flexibility index (Phi) is 2.54. The average Bonchev–Trinajstić information content (AvgIpc) is 2.06. The van der Waals surface area contributed by atoms with Gasteiger partial charge in [0, 0.05) is 18.6 Å². The minimum absolute atomic E-state index is 0.300. The van der Waals surface area contributed by atoms with Crippen molar-refractivity contribution in [2.45, 2.75) is 44.7 Å². The predicted molar refractivity (Wildman–Crippen MR) is 51.4 cm³/mol. The van der Waals surface area contributed by atoms with Gasteiger partial charge in [-0.05, 0) is 25.7 Å². The lowest BCUT2D eigenvalue weighted by Gasteiger charge is -2.42. The highest BCUT2D eigenvalue weighted by atomic mass is 16.2.